The fourth-order valence-electron chi connectivity index (χ4n) is 1.94. The van der Waals surface area contributed by atoms with E-state index < -0.39 is 0 Å². The quantitative estimate of drug-likeness (QED) is 0.702. The van der Waals surface area contributed by atoms with Crippen LogP contribution in [-0.4, -0.2) is 17.0 Å². The van der Waals surface area contributed by atoms with Crippen molar-refractivity contribution in [2.75, 3.05) is 7.05 Å². The smallest absolute Gasteiger partial charge is 0.145 e. The third-order valence-electron chi connectivity index (χ3n) is 3.06. The number of hydrogen-bond donors (Lipinski definition) is 1. The molecule has 96 valence electrons. The van der Waals surface area contributed by atoms with Crippen LogP contribution in [-0.2, 0) is 0 Å². The highest BCUT2D eigenvalue weighted by molar-refractivity contribution is 5.04. The Hall–Kier alpha value is -0.960. The van der Waals surface area contributed by atoms with Gasteiger partial charge in [0, 0.05) is 12.4 Å². The van der Waals surface area contributed by atoms with Crippen LogP contribution in [0.15, 0.2) is 12.4 Å². The summed E-state index contributed by atoms with van der Waals surface area (Å²) in [5, 5.41) is 3.30. The van der Waals surface area contributed by atoms with Crippen molar-refractivity contribution in [1.82, 2.24) is 15.3 Å². The van der Waals surface area contributed by atoms with Crippen LogP contribution in [0.4, 0.5) is 0 Å². The van der Waals surface area contributed by atoms with Crippen molar-refractivity contribution in [2.24, 2.45) is 0 Å². The van der Waals surface area contributed by atoms with Crippen LogP contribution < -0.4 is 5.32 Å². The van der Waals surface area contributed by atoms with Crippen molar-refractivity contribution >= 4 is 0 Å². The number of aryl methyl sites for hydroxylation is 1. The number of hydrogen-bond acceptors (Lipinski definition) is 3. The molecule has 0 saturated carbocycles. The number of nitrogens with one attached hydrogen (secondary N) is 1. The largest absolute Gasteiger partial charge is 0.310 e. The van der Waals surface area contributed by atoms with Crippen molar-refractivity contribution in [3.05, 3.63) is 23.8 Å². The molecule has 0 bridgehead atoms. The van der Waals surface area contributed by atoms with Gasteiger partial charge in [-0.25, -0.2) is 9.97 Å². The molecule has 3 heteroatoms. The third-order valence-corrected chi connectivity index (χ3v) is 3.06. The maximum Gasteiger partial charge on any atom is 0.145 e. The number of unbranched alkanes of at least 4 members (excludes halogenated alkanes) is 4. The minimum Gasteiger partial charge on any atom is -0.310 e. The standard InChI is InChI=1S/C14H25N3/c1-4-5-6-7-8-9-13(15-3)14-16-10-12(2)11-17-14/h10-11,13,15H,4-9H2,1-3H3. The maximum atomic E-state index is 4.39. The van der Waals surface area contributed by atoms with Crippen LogP contribution in [0.2, 0.25) is 0 Å². The molecule has 1 heterocycles. The highest BCUT2D eigenvalue weighted by Gasteiger charge is 2.11. The van der Waals surface area contributed by atoms with E-state index in [9.17, 15) is 0 Å². The normalized spacial score (nSPS) is 12.6. The molecule has 1 atom stereocenters. The first-order chi connectivity index (χ1) is 8.27. The van der Waals surface area contributed by atoms with Crippen molar-refractivity contribution < 1.29 is 0 Å². The van der Waals surface area contributed by atoms with Crippen molar-refractivity contribution in [2.45, 2.75) is 58.4 Å². The second-order valence-electron chi connectivity index (χ2n) is 4.66. The predicted octanol–water partition coefficient (Wildman–Crippen LogP) is 3.41. The summed E-state index contributed by atoms with van der Waals surface area (Å²) in [5.41, 5.74) is 1.12. The van der Waals surface area contributed by atoms with Gasteiger partial charge < -0.3 is 5.32 Å². The van der Waals surface area contributed by atoms with Crippen molar-refractivity contribution in [3.8, 4) is 0 Å². The van der Waals surface area contributed by atoms with Gasteiger partial charge in [-0.3, -0.25) is 0 Å². The fraction of sp³-hybridized carbons (Fsp3) is 0.714. The van der Waals surface area contributed by atoms with Crippen LogP contribution in [0.1, 0.15) is 62.9 Å². The van der Waals surface area contributed by atoms with E-state index in [1.807, 2.05) is 26.4 Å². The van der Waals surface area contributed by atoms with Crippen LogP contribution in [0, 0.1) is 6.92 Å². The zero-order valence-electron chi connectivity index (χ0n) is 11.4. The predicted molar refractivity (Wildman–Crippen MR) is 71.9 cm³/mol. The van der Waals surface area contributed by atoms with Gasteiger partial charge >= 0.3 is 0 Å². The summed E-state index contributed by atoms with van der Waals surface area (Å²) in [6.07, 6.45) is 11.5. The van der Waals surface area contributed by atoms with Crippen molar-refractivity contribution in [1.29, 1.82) is 0 Å². The molecule has 0 fully saturated rings. The van der Waals surface area contributed by atoms with E-state index in [1.54, 1.807) is 0 Å². The zero-order chi connectivity index (χ0) is 12.5. The Bertz CT molecular complexity index is 295. The van der Waals surface area contributed by atoms with E-state index in [2.05, 4.69) is 22.2 Å². The molecule has 0 spiro atoms. The SMILES string of the molecule is CCCCCCCC(NC)c1ncc(C)cn1. The van der Waals surface area contributed by atoms with Crippen LogP contribution in [0.5, 0.6) is 0 Å². The maximum absolute atomic E-state index is 4.39. The molecule has 1 rings (SSSR count). The van der Waals surface area contributed by atoms with Gasteiger partial charge in [0.05, 0.1) is 6.04 Å². The van der Waals surface area contributed by atoms with Gasteiger partial charge in [0.2, 0.25) is 0 Å². The molecule has 1 N–H and O–H groups in total. The molecule has 0 saturated heterocycles. The van der Waals surface area contributed by atoms with E-state index in [4.69, 9.17) is 0 Å². The lowest BCUT2D eigenvalue weighted by Crippen LogP contribution is -2.19. The first-order valence-corrected chi connectivity index (χ1v) is 6.73. The first-order valence-electron chi connectivity index (χ1n) is 6.73. The Labute approximate surface area is 105 Å². The second-order valence-corrected chi connectivity index (χ2v) is 4.66. The number of rotatable bonds is 8. The summed E-state index contributed by atoms with van der Waals surface area (Å²) < 4.78 is 0. The van der Waals surface area contributed by atoms with Crippen molar-refractivity contribution in [3.63, 3.8) is 0 Å². The third kappa shape index (κ3) is 5.26. The molecular weight excluding hydrogens is 210 g/mol. The van der Waals surface area contributed by atoms with E-state index in [1.165, 1.54) is 32.1 Å². The van der Waals surface area contributed by atoms with E-state index in [-0.39, 0.29) is 0 Å². The van der Waals surface area contributed by atoms with Gasteiger partial charge in [-0.05, 0) is 26.0 Å². The minimum atomic E-state index is 0.303. The second kappa shape index (κ2) is 8.18. The van der Waals surface area contributed by atoms with Crippen LogP contribution in [0.3, 0.4) is 0 Å². The summed E-state index contributed by atoms with van der Waals surface area (Å²) in [4.78, 5) is 8.78. The summed E-state index contributed by atoms with van der Waals surface area (Å²) in [6.45, 7) is 4.26. The Balaban J connectivity index is 2.35. The molecule has 0 aliphatic rings. The molecule has 17 heavy (non-hydrogen) atoms. The molecule has 0 amide bonds. The Kier molecular flexibility index (Phi) is 6.78. The minimum absolute atomic E-state index is 0.303. The van der Waals surface area contributed by atoms with Crippen LogP contribution >= 0.6 is 0 Å². The lowest BCUT2D eigenvalue weighted by Gasteiger charge is -2.14. The van der Waals surface area contributed by atoms with E-state index in [0.717, 1.165) is 17.8 Å². The average molecular weight is 235 g/mol. The molecule has 0 aliphatic heterocycles. The molecule has 1 unspecified atom stereocenters. The fourth-order valence-corrected chi connectivity index (χ4v) is 1.94. The first kappa shape index (κ1) is 14.1. The molecule has 0 aliphatic carbocycles. The van der Waals surface area contributed by atoms with Gasteiger partial charge in [-0.2, -0.15) is 0 Å². The average Bonchev–Trinajstić information content (AvgIpc) is 2.35. The summed E-state index contributed by atoms with van der Waals surface area (Å²) in [6, 6.07) is 0.303. The monoisotopic (exact) mass is 235 g/mol. The molecule has 0 radical (unpaired) electrons. The Morgan fingerprint density at radius 1 is 1.12 bits per heavy atom. The molecule has 1 aromatic heterocycles. The summed E-state index contributed by atoms with van der Waals surface area (Å²) >= 11 is 0. The van der Waals surface area contributed by atoms with E-state index in [0.29, 0.717) is 6.04 Å². The molecular formula is C14H25N3. The van der Waals surface area contributed by atoms with Gasteiger partial charge in [-0.1, -0.05) is 39.0 Å². The zero-order valence-corrected chi connectivity index (χ0v) is 11.4. The Morgan fingerprint density at radius 3 is 2.35 bits per heavy atom. The molecule has 0 aromatic carbocycles. The van der Waals surface area contributed by atoms with Gasteiger partial charge in [0.1, 0.15) is 5.82 Å². The topological polar surface area (TPSA) is 37.8 Å². The Morgan fingerprint density at radius 2 is 1.76 bits per heavy atom. The lowest BCUT2D eigenvalue weighted by molar-refractivity contribution is 0.481. The molecule has 1 aromatic rings. The molecule has 3 nitrogen and oxygen atoms in total. The summed E-state index contributed by atoms with van der Waals surface area (Å²) in [7, 11) is 1.99. The summed E-state index contributed by atoms with van der Waals surface area (Å²) in [5.74, 6) is 0.925. The highest BCUT2D eigenvalue weighted by Crippen LogP contribution is 2.16. The van der Waals surface area contributed by atoms with E-state index >= 15 is 0 Å². The lowest BCUT2D eigenvalue weighted by atomic mass is 10.1. The number of aromatic nitrogens is 2. The van der Waals surface area contributed by atoms with Crippen LogP contribution in [0.25, 0.3) is 0 Å². The van der Waals surface area contributed by atoms with Gasteiger partial charge in [0.15, 0.2) is 0 Å². The number of nitrogens with zero attached hydrogens (tertiary/aromatic N) is 2. The van der Waals surface area contributed by atoms with Gasteiger partial charge in [0.25, 0.3) is 0 Å². The highest BCUT2D eigenvalue weighted by atomic mass is 15.0. The van der Waals surface area contributed by atoms with Gasteiger partial charge in [-0.15, -0.1) is 0 Å².